The van der Waals surface area contributed by atoms with Crippen molar-refractivity contribution in [1.29, 1.82) is 0 Å². The van der Waals surface area contributed by atoms with Crippen molar-refractivity contribution < 1.29 is 43.2 Å². The predicted octanol–water partition coefficient (Wildman–Crippen LogP) is 4.37. The number of fused-ring (bicyclic) bond motifs is 7. The summed E-state index contributed by atoms with van der Waals surface area (Å²) in [5, 5.41) is 11.6. The third-order valence-corrected chi connectivity index (χ3v) is 11.8. The number of carbonyl (C=O) groups is 4. The molecule has 4 aliphatic carbocycles. The Morgan fingerprint density at radius 2 is 1.88 bits per heavy atom. The Kier molecular flexibility index (Phi) is 7.03. The zero-order chi connectivity index (χ0) is 31.2. The molecule has 0 unspecified atom stereocenters. The fourth-order valence-electron chi connectivity index (χ4n) is 10.1. The van der Waals surface area contributed by atoms with Gasteiger partial charge in [-0.2, -0.15) is 0 Å². The number of hydrogen-bond donors (Lipinski definition) is 1. The van der Waals surface area contributed by atoms with Crippen LogP contribution in [0.5, 0.6) is 0 Å². The molecule has 2 heterocycles. The lowest BCUT2D eigenvalue weighted by Gasteiger charge is -2.61. The Hall–Kier alpha value is -2.94. The standard InChI is InChI=1S/C34H44O9/c1-16(9-8-10-40-20(5)35)24-13-25-28(15-32(24,7)39)42-31(38)33(25)14-26-29-17(2)11-27-22(18(3)30(37)41-27)12-23(29)19(4)34(26,33)43-21(6)36/h13,16-17,22,25-29,39H,3,8-12,14-15H2,1-2,4-7H3/t16-,17-,22+,25-,26-,27-,28-,29-,32-,33+,34-/m1/s1. The average Bonchev–Trinajstić information content (AvgIpc) is 3.35. The second-order valence-electron chi connectivity index (χ2n) is 14.2. The first kappa shape index (κ1) is 30.1. The van der Waals surface area contributed by atoms with E-state index in [-0.39, 0.29) is 65.9 Å². The van der Waals surface area contributed by atoms with Crippen molar-refractivity contribution in [3.05, 3.63) is 34.9 Å². The molecule has 43 heavy (non-hydrogen) atoms. The highest BCUT2D eigenvalue weighted by atomic mass is 16.6. The van der Waals surface area contributed by atoms with E-state index in [0.29, 0.717) is 44.3 Å². The van der Waals surface area contributed by atoms with Crippen molar-refractivity contribution >= 4 is 23.9 Å². The summed E-state index contributed by atoms with van der Waals surface area (Å²) < 4.78 is 23.3. The van der Waals surface area contributed by atoms with Crippen molar-refractivity contribution in [2.45, 2.75) is 103 Å². The Labute approximate surface area is 253 Å². The molecule has 0 aromatic heterocycles. The molecule has 1 N–H and O–H groups in total. The molecule has 1 spiro atoms. The summed E-state index contributed by atoms with van der Waals surface area (Å²) in [4.78, 5) is 50.7. The number of ether oxygens (including phenoxy) is 4. The maximum atomic E-state index is 14.1. The molecule has 2 saturated carbocycles. The van der Waals surface area contributed by atoms with E-state index < -0.39 is 28.7 Å². The smallest absolute Gasteiger partial charge is 0.334 e. The summed E-state index contributed by atoms with van der Waals surface area (Å²) >= 11 is 0. The van der Waals surface area contributed by atoms with E-state index in [2.05, 4.69) is 13.5 Å². The van der Waals surface area contributed by atoms with Crippen LogP contribution < -0.4 is 0 Å². The largest absolute Gasteiger partial charge is 0.466 e. The van der Waals surface area contributed by atoms with Gasteiger partial charge in [-0.25, -0.2) is 4.79 Å². The first-order valence-electron chi connectivity index (χ1n) is 15.7. The van der Waals surface area contributed by atoms with Crippen LogP contribution in [0, 0.1) is 40.9 Å². The molecule has 6 rings (SSSR count). The molecule has 9 heteroatoms. The fourth-order valence-corrected chi connectivity index (χ4v) is 10.1. The lowest BCUT2D eigenvalue weighted by Crippen LogP contribution is -2.71. The van der Waals surface area contributed by atoms with Gasteiger partial charge in [0.1, 0.15) is 17.6 Å². The van der Waals surface area contributed by atoms with Gasteiger partial charge < -0.3 is 24.1 Å². The molecule has 234 valence electrons. The maximum absolute atomic E-state index is 14.1. The maximum Gasteiger partial charge on any atom is 0.334 e. The van der Waals surface area contributed by atoms with E-state index in [1.54, 1.807) is 6.92 Å². The number of aliphatic hydroxyl groups is 1. The van der Waals surface area contributed by atoms with Crippen LogP contribution in [-0.2, 0) is 38.1 Å². The number of rotatable bonds is 6. The van der Waals surface area contributed by atoms with Crippen LogP contribution >= 0.6 is 0 Å². The molecule has 0 aromatic rings. The Balaban J connectivity index is 1.41. The molecular weight excluding hydrogens is 552 g/mol. The van der Waals surface area contributed by atoms with E-state index >= 15 is 0 Å². The van der Waals surface area contributed by atoms with Gasteiger partial charge in [0.15, 0.2) is 5.60 Å². The summed E-state index contributed by atoms with van der Waals surface area (Å²) in [6.45, 7) is 15.1. The van der Waals surface area contributed by atoms with E-state index in [0.717, 1.165) is 16.7 Å². The molecular formula is C34H44O9. The molecule has 6 aliphatic rings. The zero-order valence-electron chi connectivity index (χ0n) is 26.1. The molecule has 0 bridgehead atoms. The highest BCUT2D eigenvalue weighted by molar-refractivity contribution is 5.91. The summed E-state index contributed by atoms with van der Waals surface area (Å²) in [5.74, 6) is -1.93. The summed E-state index contributed by atoms with van der Waals surface area (Å²) in [7, 11) is 0. The van der Waals surface area contributed by atoms with Crippen LogP contribution in [0.2, 0.25) is 0 Å². The predicted molar refractivity (Wildman–Crippen MR) is 154 cm³/mol. The zero-order valence-corrected chi connectivity index (χ0v) is 26.1. The van der Waals surface area contributed by atoms with Gasteiger partial charge in [0, 0.05) is 43.6 Å². The quantitative estimate of drug-likeness (QED) is 0.156. The van der Waals surface area contributed by atoms with Crippen LogP contribution in [0.4, 0.5) is 0 Å². The van der Waals surface area contributed by atoms with E-state index in [9.17, 15) is 24.3 Å². The lowest BCUT2D eigenvalue weighted by atomic mass is 9.42. The third-order valence-electron chi connectivity index (χ3n) is 11.8. The van der Waals surface area contributed by atoms with Crippen molar-refractivity contribution in [1.82, 2.24) is 0 Å². The second kappa shape index (κ2) is 10.0. The Bertz CT molecular complexity index is 1360. The first-order valence-corrected chi connectivity index (χ1v) is 15.7. The van der Waals surface area contributed by atoms with Gasteiger partial charge in [0.2, 0.25) is 0 Å². The molecule has 0 aromatic carbocycles. The average molecular weight is 597 g/mol. The SMILES string of the molecule is C=C1C(=O)O[C@@H]2C[C@@H](C)[C@@H]3C(=C(C)[C@@]4(OC(C)=O)[C@@H]3C[C@]43C(=O)O[C@@H]4C[C@@](C)(O)C([C@H](C)CCCOC(C)=O)=C[C@H]43)C[C@@H]12. The minimum Gasteiger partial charge on any atom is -0.466 e. The van der Waals surface area contributed by atoms with E-state index in [4.69, 9.17) is 18.9 Å². The molecule has 2 aliphatic heterocycles. The van der Waals surface area contributed by atoms with Gasteiger partial charge in [-0.05, 0) is 74.9 Å². The molecule has 0 radical (unpaired) electrons. The second-order valence-corrected chi connectivity index (χ2v) is 14.2. The van der Waals surface area contributed by atoms with Gasteiger partial charge in [0.25, 0.3) is 0 Å². The van der Waals surface area contributed by atoms with Crippen LogP contribution in [0.1, 0.15) is 80.1 Å². The topological polar surface area (TPSA) is 125 Å². The van der Waals surface area contributed by atoms with Crippen molar-refractivity contribution in [2.24, 2.45) is 40.9 Å². The number of carbonyl (C=O) groups excluding carboxylic acids is 4. The van der Waals surface area contributed by atoms with E-state index in [1.165, 1.54) is 13.8 Å². The number of allylic oxidation sites excluding steroid dienone is 1. The third kappa shape index (κ3) is 4.12. The van der Waals surface area contributed by atoms with Crippen LogP contribution in [0.25, 0.3) is 0 Å². The fraction of sp³-hybridized carbons (Fsp3) is 0.706. The Morgan fingerprint density at radius 3 is 2.56 bits per heavy atom. The molecule has 11 atom stereocenters. The van der Waals surface area contributed by atoms with Gasteiger partial charge in [-0.15, -0.1) is 0 Å². The van der Waals surface area contributed by atoms with Crippen LogP contribution in [0.15, 0.2) is 34.9 Å². The number of hydrogen-bond acceptors (Lipinski definition) is 9. The summed E-state index contributed by atoms with van der Waals surface area (Å²) in [5.41, 5.74) is -0.0904. The summed E-state index contributed by atoms with van der Waals surface area (Å²) in [6, 6.07) is 0. The molecule has 0 amide bonds. The molecule has 2 saturated heterocycles. The molecule has 9 nitrogen and oxygen atoms in total. The van der Waals surface area contributed by atoms with Gasteiger partial charge >= 0.3 is 23.9 Å². The minimum atomic E-state index is -1.18. The number of esters is 4. The van der Waals surface area contributed by atoms with Gasteiger partial charge in [0.05, 0.1) is 12.2 Å². The Morgan fingerprint density at radius 1 is 1.16 bits per heavy atom. The van der Waals surface area contributed by atoms with Crippen molar-refractivity contribution in [2.75, 3.05) is 6.61 Å². The highest BCUT2D eigenvalue weighted by Crippen LogP contribution is 2.76. The highest BCUT2D eigenvalue weighted by Gasteiger charge is 2.83. The van der Waals surface area contributed by atoms with Crippen molar-refractivity contribution in [3.8, 4) is 0 Å². The van der Waals surface area contributed by atoms with Crippen molar-refractivity contribution in [3.63, 3.8) is 0 Å². The normalized spacial score (nSPS) is 43.4. The minimum absolute atomic E-state index is 0.0307. The van der Waals surface area contributed by atoms with Gasteiger partial charge in [-0.1, -0.05) is 32.1 Å². The van der Waals surface area contributed by atoms with Gasteiger partial charge in [-0.3, -0.25) is 14.4 Å². The first-order chi connectivity index (χ1) is 20.2. The monoisotopic (exact) mass is 596 g/mol. The molecule has 4 fully saturated rings. The summed E-state index contributed by atoms with van der Waals surface area (Å²) in [6.07, 6.45) is 4.66. The van der Waals surface area contributed by atoms with Crippen LogP contribution in [0.3, 0.4) is 0 Å². The van der Waals surface area contributed by atoms with Crippen LogP contribution in [-0.4, -0.2) is 59.0 Å². The van der Waals surface area contributed by atoms with E-state index in [1.807, 2.05) is 19.9 Å². The lowest BCUT2D eigenvalue weighted by molar-refractivity contribution is -0.230.